The maximum atomic E-state index is 12.0. The SMILES string of the molecule is CC(OS(=O)(=O)[N-]S(=O)(=O)C(F)(F)F)C1CCCC1. The van der Waals surface area contributed by atoms with Gasteiger partial charge in [0.05, 0.1) is 6.10 Å². The van der Waals surface area contributed by atoms with Crippen molar-refractivity contribution in [1.82, 2.24) is 0 Å². The minimum atomic E-state index is -6.11. The molecular formula is C8H13F3NO5S2-. The quantitative estimate of drug-likeness (QED) is 0.772. The number of alkyl halides is 3. The van der Waals surface area contributed by atoms with E-state index in [4.69, 9.17) is 0 Å². The predicted molar refractivity (Wildman–Crippen MR) is 59.8 cm³/mol. The molecule has 0 radical (unpaired) electrons. The van der Waals surface area contributed by atoms with E-state index in [9.17, 15) is 30.0 Å². The minimum absolute atomic E-state index is 0.126. The van der Waals surface area contributed by atoms with Crippen molar-refractivity contribution < 1.29 is 34.2 Å². The first-order valence-corrected chi connectivity index (χ1v) is 8.24. The predicted octanol–water partition coefficient (Wildman–Crippen LogP) is 2.05. The molecule has 0 aliphatic heterocycles. The lowest BCUT2D eigenvalue weighted by Gasteiger charge is -2.26. The molecule has 0 bridgehead atoms. The van der Waals surface area contributed by atoms with Crippen LogP contribution in [0, 0.1) is 5.92 Å². The average Bonchev–Trinajstić information content (AvgIpc) is 2.64. The Kier molecular flexibility index (Phi) is 4.86. The molecule has 0 aromatic heterocycles. The average molecular weight is 324 g/mol. The zero-order chi connectivity index (χ0) is 14.9. The Morgan fingerprint density at radius 3 is 2.05 bits per heavy atom. The summed E-state index contributed by atoms with van der Waals surface area (Å²) in [6, 6.07) is 0. The van der Waals surface area contributed by atoms with Crippen LogP contribution in [0.4, 0.5) is 13.2 Å². The van der Waals surface area contributed by atoms with Gasteiger partial charge in [0.1, 0.15) is 0 Å². The van der Waals surface area contributed by atoms with Gasteiger partial charge < -0.3 is 4.13 Å². The van der Waals surface area contributed by atoms with E-state index in [1.807, 2.05) is 4.13 Å². The van der Waals surface area contributed by atoms with Gasteiger partial charge in [0, 0.05) is 0 Å². The summed E-state index contributed by atoms with van der Waals surface area (Å²) in [7, 11) is -11.3. The molecule has 1 unspecified atom stereocenters. The smallest absolute Gasteiger partial charge is 0.404 e. The van der Waals surface area contributed by atoms with Crippen LogP contribution < -0.4 is 0 Å². The van der Waals surface area contributed by atoms with Crippen LogP contribution in [0.15, 0.2) is 0 Å². The molecule has 11 heteroatoms. The Labute approximate surface area is 109 Å². The number of sulfonamides is 1. The van der Waals surface area contributed by atoms with E-state index >= 15 is 0 Å². The summed E-state index contributed by atoms with van der Waals surface area (Å²) in [6.45, 7) is 1.36. The van der Waals surface area contributed by atoms with Crippen LogP contribution in [-0.4, -0.2) is 28.4 Å². The fourth-order valence-electron chi connectivity index (χ4n) is 1.88. The summed E-state index contributed by atoms with van der Waals surface area (Å²) in [4.78, 5) is 0. The lowest BCUT2D eigenvalue weighted by molar-refractivity contribution is -0.0425. The van der Waals surface area contributed by atoms with Gasteiger partial charge in [-0.3, -0.25) is 4.18 Å². The third kappa shape index (κ3) is 4.58. The van der Waals surface area contributed by atoms with E-state index in [-0.39, 0.29) is 5.92 Å². The Morgan fingerprint density at radius 2 is 1.63 bits per heavy atom. The van der Waals surface area contributed by atoms with Crippen molar-refractivity contribution in [1.29, 1.82) is 0 Å². The molecule has 0 heterocycles. The number of hydrogen-bond donors (Lipinski definition) is 0. The van der Waals surface area contributed by atoms with Gasteiger partial charge >= 0.3 is 5.51 Å². The molecule has 0 N–H and O–H groups in total. The lowest BCUT2D eigenvalue weighted by Crippen LogP contribution is -2.27. The number of nitrogens with zero attached hydrogens (tertiary/aromatic N) is 1. The summed E-state index contributed by atoms with van der Waals surface area (Å²) >= 11 is 0. The van der Waals surface area contributed by atoms with Crippen LogP contribution in [0.25, 0.3) is 4.13 Å². The van der Waals surface area contributed by atoms with Crippen LogP contribution >= 0.6 is 0 Å². The molecule has 114 valence electrons. The summed E-state index contributed by atoms with van der Waals surface area (Å²) in [5.74, 6) is -0.126. The molecule has 0 aromatic rings. The first-order chi connectivity index (χ1) is 8.45. The highest BCUT2D eigenvalue weighted by molar-refractivity contribution is 8.10. The first kappa shape index (κ1) is 16.7. The van der Waals surface area contributed by atoms with Crippen molar-refractivity contribution in [3.8, 4) is 0 Å². The molecule has 6 nitrogen and oxygen atoms in total. The summed E-state index contributed by atoms with van der Waals surface area (Å²) in [6.07, 6.45) is 2.21. The van der Waals surface area contributed by atoms with Crippen LogP contribution in [-0.2, 0) is 24.5 Å². The third-order valence-electron chi connectivity index (χ3n) is 2.82. The van der Waals surface area contributed by atoms with E-state index in [2.05, 4.69) is 4.18 Å². The van der Waals surface area contributed by atoms with Gasteiger partial charge in [-0.15, -0.1) is 0 Å². The Morgan fingerprint density at radius 1 is 1.16 bits per heavy atom. The van der Waals surface area contributed by atoms with Gasteiger partial charge in [0.25, 0.3) is 0 Å². The standard InChI is InChI=1S/C8H13F3NO5S2/c1-6(7-4-2-3-5-7)17-19(15,16)12-18(13,14)8(9,10)11/h6-7H,2-5H2,1H3/q-1. The maximum Gasteiger partial charge on any atom is 0.480 e. The van der Waals surface area contributed by atoms with Gasteiger partial charge in [-0.05, 0) is 25.7 Å². The largest absolute Gasteiger partial charge is 0.480 e. The van der Waals surface area contributed by atoms with Crippen LogP contribution in [0.5, 0.6) is 0 Å². The van der Waals surface area contributed by atoms with E-state index in [1.165, 1.54) is 6.92 Å². The highest BCUT2D eigenvalue weighted by atomic mass is 32.3. The van der Waals surface area contributed by atoms with Crippen molar-refractivity contribution >= 4 is 20.3 Å². The number of rotatable bonds is 5. The second-order valence-corrected chi connectivity index (χ2v) is 7.33. The monoisotopic (exact) mass is 324 g/mol. The van der Waals surface area contributed by atoms with E-state index in [0.717, 1.165) is 12.8 Å². The lowest BCUT2D eigenvalue weighted by atomic mass is 10.0. The Bertz CT molecular complexity index is 507. The van der Waals surface area contributed by atoms with Crippen molar-refractivity contribution in [2.75, 3.05) is 0 Å². The fraction of sp³-hybridized carbons (Fsp3) is 1.00. The van der Waals surface area contributed by atoms with Crippen LogP contribution in [0.1, 0.15) is 32.6 Å². The minimum Gasteiger partial charge on any atom is -0.404 e. The molecule has 1 fully saturated rings. The molecule has 1 atom stereocenters. The highest BCUT2D eigenvalue weighted by Crippen LogP contribution is 2.33. The second-order valence-electron chi connectivity index (χ2n) is 4.27. The molecule has 1 aliphatic carbocycles. The van der Waals surface area contributed by atoms with Gasteiger partial charge in [0.15, 0.2) is 10.0 Å². The normalized spacial score (nSPS) is 20.6. The number of halogens is 3. The zero-order valence-electron chi connectivity index (χ0n) is 9.92. The molecule has 1 rings (SSSR count). The second kappa shape index (κ2) is 5.54. The highest BCUT2D eigenvalue weighted by Gasteiger charge is 2.41. The summed E-state index contributed by atoms with van der Waals surface area (Å²) in [5, 5.41) is 0. The van der Waals surface area contributed by atoms with Crippen LogP contribution in [0.3, 0.4) is 0 Å². The Hall–Kier alpha value is -0.390. The summed E-state index contributed by atoms with van der Waals surface area (Å²) in [5.41, 5.74) is -5.76. The van der Waals surface area contributed by atoms with E-state index in [0.29, 0.717) is 12.8 Å². The maximum absolute atomic E-state index is 12.0. The van der Waals surface area contributed by atoms with Gasteiger partial charge in [-0.2, -0.15) is 13.2 Å². The van der Waals surface area contributed by atoms with E-state index < -0.39 is 31.9 Å². The van der Waals surface area contributed by atoms with Gasteiger partial charge in [-0.1, -0.05) is 12.8 Å². The molecular weight excluding hydrogens is 311 g/mol. The third-order valence-corrected chi connectivity index (χ3v) is 5.47. The zero-order valence-corrected chi connectivity index (χ0v) is 11.6. The molecule has 1 aliphatic rings. The molecule has 0 saturated heterocycles. The Balaban J connectivity index is 2.72. The van der Waals surface area contributed by atoms with Crippen molar-refractivity contribution in [3.63, 3.8) is 0 Å². The van der Waals surface area contributed by atoms with Crippen LogP contribution in [0.2, 0.25) is 0 Å². The first-order valence-electron chi connectivity index (χ1n) is 5.43. The fourth-order valence-corrected chi connectivity index (χ4v) is 3.86. The topological polar surface area (TPSA) is 91.6 Å². The van der Waals surface area contributed by atoms with E-state index in [1.54, 1.807) is 0 Å². The number of hydrogen-bond acceptors (Lipinski definition) is 5. The molecule has 0 spiro atoms. The molecule has 0 aromatic carbocycles. The molecule has 1 saturated carbocycles. The summed E-state index contributed by atoms with van der Waals surface area (Å²) < 4.78 is 85.8. The van der Waals surface area contributed by atoms with Crippen molar-refractivity contribution in [3.05, 3.63) is 4.13 Å². The van der Waals surface area contributed by atoms with Gasteiger partial charge in [0.2, 0.25) is 10.3 Å². The van der Waals surface area contributed by atoms with Gasteiger partial charge in [-0.25, -0.2) is 16.8 Å². The molecule has 19 heavy (non-hydrogen) atoms. The van der Waals surface area contributed by atoms with Crippen molar-refractivity contribution in [2.24, 2.45) is 5.92 Å². The molecule has 0 amide bonds. The van der Waals surface area contributed by atoms with Crippen molar-refractivity contribution in [2.45, 2.75) is 44.2 Å².